The van der Waals surface area contributed by atoms with Gasteiger partial charge >= 0.3 is 0 Å². The molecule has 2 fully saturated rings. The summed E-state index contributed by atoms with van der Waals surface area (Å²) >= 11 is 0. The third-order valence-electron chi connectivity index (χ3n) is 4.72. The van der Waals surface area contributed by atoms with Crippen LogP contribution in [0.15, 0.2) is 0 Å². The van der Waals surface area contributed by atoms with Crippen LogP contribution in [-0.2, 0) is 4.79 Å². The average Bonchev–Trinajstić information content (AvgIpc) is 2.65. The highest BCUT2D eigenvalue weighted by Gasteiger charge is 2.44. The van der Waals surface area contributed by atoms with Crippen molar-refractivity contribution >= 4 is 5.91 Å². The minimum Gasteiger partial charge on any atom is -0.347 e. The maximum atomic E-state index is 12.2. The molecule has 1 amide bonds. The molecule has 2 saturated heterocycles. The van der Waals surface area contributed by atoms with Crippen LogP contribution in [-0.4, -0.2) is 60.5 Å². The maximum Gasteiger partial charge on any atom is 0.239 e. The summed E-state index contributed by atoms with van der Waals surface area (Å²) in [6, 6.07) is 1.91. The molecule has 4 heteroatoms. The fraction of sp³-hybridized carbons (Fsp3) is 0.933. The SMILES string of the molecule is CCCNC1CC2CCC(C1)N2C(C)C(=O)N(C)C. The predicted molar refractivity (Wildman–Crippen MR) is 78.1 cm³/mol. The molecule has 3 atom stereocenters. The van der Waals surface area contributed by atoms with E-state index >= 15 is 0 Å². The number of hydrogen-bond donors (Lipinski definition) is 1. The van der Waals surface area contributed by atoms with Crippen LogP contribution in [0, 0.1) is 0 Å². The summed E-state index contributed by atoms with van der Waals surface area (Å²) in [4.78, 5) is 16.4. The van der Waals surface area contributed by atoms with Crippen molar-refractivity contribution in [2.75, 3.05) is 20.6 Å². The molecule has 0 aromatic carbocycles. The van der Waals surface area contributed by atoms with Crippen molar-refractivity contribution in [1.82, 2.24) is 15.1 Å². The molecule has 2 bridgehead atoms. The molecule has 3 unspecified atom stereocenters. The van der Waals surface area contributed by atoms with Crippen LogP contribution in [0.3, 0.4) is 0 Å². The second-order valence-corrected chi connectivity index (χ2v) is 6.36. The Kier molecular flexibility index (Phi) is 4.85. The quantitative estimate of drug-likeness (QED) is 0.819. The minimum atomic E-state index is 0.0413. The number of rotatable bonds is 5. The van der Waals surface area contributed by atoms with Crippen molar-refractivity contribution in [3.8, 4) is 0 Å². The highest BCUT2D eigenvalue weighted by molar-refractivity contribution is 5.81. The Hall–Kier alpha value is -0.610. The summed E-state index contributed by atoms with van der Waals surface area (Å²) in [5.74, 6) is 0.247. The van der Waals surface area contributed by atoms with E-state index in [9.17, 15) is 4.79 Å². The standard InChI is InChI=1S/C15H29N3O/c1-5-8-16-12-9-13-6-7-14(10-12)18(13)11(2)15(19)17(3)4/h11-14,16H,5-10H2,1-4H3. The van der Waals surface area contributed by atoms with Crippen molar-refractivity contribution in [3.63, 3.8) is 0 Å². The van der Waals surface area contributed by atoms with Crippen LogP contribution >= 0.6 is 0 Å². The smallest absolute Gasteiger partial charge is 0.239 e. The van der Waals surface area contributed by atoms with Gasteiger partial charge in [-0.25, -0.2) is 0 Å². The molecule has 2 heterocycles. The molecular formula is C15H29N3O. The molecule has 0 spiro atoms. The van der Waals surface area contributed by atoms with Gasteiger partial charge in [0.15, 0.2) is 0 Å². The molecule has 1 N–H and O–H groups in total. The van der Waals surface area contributed by atoms with E-state index in [4.69, 9.17) is 0 Å². The number of carbonyl (C=O) groups excluding carboxylic acids is 1. The number of fused-ring (bicyclic) bond motifs is 2. The number of nitrogens with zero attached hydrogens (tertiary/aromatic N) is 2. The van der Waals surface area contributed by atoms with Gasteiger partial charge in [0.25, 0.3) is 0 Å². The molecule has 0 aromatic rings. The van der Waals surface area contributed by atoms with E-state index in [1.807, 2.05) is 14.1 Å². The Bertz CT molecular complexity index is 305. The summed E-state index contributed by atoms with van der Waals surface area (Å²) in [5.41, 5.74) is 0. The summed E-state index contributed by atoms with van der Waals surface area (Å²) in [5, 5.41) is 3.66. The second-order valence-electron chi connectivity index (χ2n) is 6.36. The molecule has 0 radical (unpaired) electrons. The molecule has 0 aromatic heterocycles. The van der Waals surface area contributed by atoms with Crippen molar-refractivity contribution < 1.29 is 4.79 Å². The number of nitrogens with one attached hydrogen (secondary N) is 1. The molecule has 2 aliphatic rings. The van der Waals surface area contributed by atoms with Crippen LogP contribution in [0.2, 0.25) is 0 Å². The Morgan fingerprint density at radius 1 is 1.32 bits per heavy atom. The Labute approximate surface area is 117 Å². The summed E-state index contributed by atoms with van der Waals surface area (Å²) in [6.07, 6.45) is 6.15. The zero-order chi connectivity index (χ0) is 14.0. The lowest BCUT2D eigenvalue weighted by atomic mass is 9.95. The van der Waals surface area contributed by atoms with Crippen LogP contribution < -0.4 is 5.32 Å². The van der Waals surface area contributed by atoms with Gasteiger partial charge in [0.1, 0.15) is 0 Å². The van der Waals surface area contributed by atoms with Gasteiger partial charge in [-0.3, -0.25) is 9.69 Å². The van der Waals surface area contributed by atoms with Gasteiger partial charge in [-0.05, 0) is 45.6 Å². The molecule has 0 saturated carbocycles. The number of amides is 1. The average molecular weight is 267 g/mol. The van der Waals surface area contributed by atoms with Gasteiger partial charge in [0, 0.05) is 32.2 Å². The zero-order valence-electron chi connectivity index (χ0n) is 12.9. The van der Waals surface area contributed by atoms with Crippen molar-refractivity contribution in [2.24, 2.45) is 0 Å². The van der Waals surface area contributed by atoms with Crippen LogP contribution in [0.25, 0.3) is 0 Å². The maximum absolute atomic E-state index is 12.2. The monoisotopic (exact) mass is 267 g/mol. The highest BCUT2D eigenvalue weighted by atomic mass is 16.2. The molecule has 2 aliphatic heterocycles. The Morgan fingerprint density at radius 2 is 1.89 bits per heavy atom. The molecule has 2 rings (SSSR count). The molecule has 19 heavy (non-hydrogen) atoms. The fourth-order valence-corrected chi connectivity index (χ4v) is 3.86. The van der Waals surface area contributed by atoms with E-state index in [1.54, 1.807) is 4.90 Å². The van der Waals surface area contributed by atoms with E-state index in [0.29, 0.717) is 18.1 Å². The van der Waals surface area contributed by atoms with E-state index in [2.05, 4.69) is 24.1 Å². The summed E-state index contributed by atoms with van der Waals surface area (Å²) in [6.45, 7) is 5.41. The topological polar surface area (TPSA) is 35.6 Å². The first kappa shape index (κ1) is 14.8. The lowest BCUT2D eigenvalue weighted by Crippen LogP contribution is -2.56. The molecular weight excluding hydrogens is 238 g/mol. The molecule has 4 nitrogen and oxygen atoms in total. The van der Waals surface area contributed by atoms with Crippen LogP contribution in [0.4, 0.5) is 0 Å². The number of piperidine rings is 1. The van der Waals surface area contributed by atoms with Crippen LogP contribution in [0.1, 0.15) is 46.0 Å². The van der Waals surface area contributed by atoms with E-state index in [-0.39, 0.29) is 11.9 Å². The van der Waals surface area contributed by atoms with E-state index in [1.165, 1.54) is 32.1 Å². The largest absolute Gasteiger partial charge is 0.347 e. The lowest BCUT2D eigenvalue weighted by molar-refractivity contribution is -0.135. The predicted octanol–water partition coefficient (Wildman–Crippen LogP) is 1.46. The lowest BCUT2D eigenvalue weighted by Gasteiger charge is -2.42. The highest BCUT2D eigenvalue weighted by Crippen LogP contribution is 2.37. The third kappa shape index (κ3) is 3.11. The first-order valence-corrected chi connectivity index (χ1v) is 7.76. The first-order valence-electron chi connectivity index (χ1n) is 7.76. The van der Waals surface area contributed by atoms with Crippen molar-refractivity contribution in [2.45, 2.75) is 70.1 Å². The van der Waals surface area contributed by atoms with Gasteiger partial charge in [-0.15, -0.1) is 0 Å². The summed E-state index contributed by atoms with van der Waals surface area (Å²) in [7, 11) is 3.71. The zero-order valence-corrected chi connectivity index (χ0v) is 12.9. The van der Waals surface area contributed by atoms with E-state index < -0.39 is 0 Å². The molecule has 110 valence electrons. The Morgan fingerprint density at radius 3 is 2.37 bits per heavy atom. The fourth-order valence-electron chi connectivity index (χ4n) is 3.86. The van der Waals surface area contributed by atoms with Crippen molar-refractivity contribution in [3.05, 3.63) is 0 Å². The van der Waals surface area contributed by atoms with E-state index in [0.717, 1.165) is 6.54 Å². The Balaban J connectivity index is 1.97. The van der Waals surface area contributed by atoms with Gasteiger partial charge < -0.3 is 10.2 Å². The summed E-state index contributed by atoms with van der Waals surface area (Å²) < 4.78 is 0. The number of likely N-dealkylation sites (N-methyl/N-ethyl adjacent to an activating group) is 1. The second kappa shape index (κ2) is 6.23. The van der Waals surface area contributed by atoms with Gasteiger partial charge in [0.2, 0.25) is 5.91 Å². The van der Waals surface area contributed by atoms with Gasteiger partial charge in [-0.2, -0.15) is 0 Å². The first-order chi connectivity index (χ1) is 9.04. The minimum absolute atomic E-state index is 0.0413. The number of carbonyl (C=O) groups is 1. The number of hydrogen-bond acceptors (Lipinski definition) is 3. The van der Waals surface area contributed by atoms with Crippen LogP contribution in [0.5, 0.6) is 0 Å². The normalized spacial score (nSPS) is 32.3. The molecule has 0 aliphatic carbocycles. The third-order valence-corrected chi connectivity index (χ3v) is 4.72. The van der Waals surface area contributed by atoms with Crippen molar-refractivity contribution in [1.29, 1.82) is 0 Å². The van der Waals surface area contributed by atoms with Gasteiger partial charge in [-0.1, -0.05) is 6.92 Å². The van der Waals surface area contributed by atoms with Gasteiger partial charge in [0.05, 0.1) is 6.04 Å².